The van der Waals surface area contributed by atoms with Crippen molar-refractivity contribution in [1.82, 2.24) is 10.2 Å². The Hall–Kier alpha value is -0.610. The molecule has 106 valence electrons. The largest absolute Gasteiger partial charge is 0.381 e. The lowest BCUT2D eigenvalue weighted by Crippen LogP contribution is -2.52. The van der Waals surface area contributed by atoms with Gasteiger partial charge in [0.2, 0.25) is 5.91 Å². The van der Waals surface area contributed by atoms with E-state index in [1.807, 2.05) is 4.90 Å². The minimum atomic E-state index is 0.0234. The number of nitrogens with one attached hydrogen (secondary N) is 1. The highest BCUT2D eigenvalue weighted by molar-refractivity contribution is 5.82. The monoisotopic (exact) mass is 256 g/mol. The predicted molar refractivity (Wildman–Crippen MR) is 73.6 cm³/mol. The van der Waals surface area contributed by atoms with Gasteiger partial charge in [0.15, 0.2) is 0 Å². The molecule has 0 aromatic rings. The van der Waals surface area contributed by atoms with E-state index in [1.54, 1.807) is 0 Å². The van der Waals surface area contributed by atoms with Crippen LogP contribution in [0.15, 0.2) is 0 Å². The van der Waals surface area contributed by atoms with E-state index >= 15 is 0 Å². The molecule has 1 aliphatic rings. The SMILES string of the molecule is CCCOCCCN1CCCC(NC(C)C)C1=O. The number of piperidine rings is 1. The van der Waals surface area contributed by atoms with Crippen molar-refractivity contribution in [3.05, 3.63) is 0 Å². The second-order valence-corrected chi connectivity index (χ2v) is 5.31. The number of nitrogens with zero attached hydrogens (tertiary/aromatic N) is 1. The third kappa shape index (κ3) is 5.36. The smallest absolute Gasteiger partial charge is 0.239 e. The molecule has 1 N–H and O–H groups in total. The Balaban J connectivity index is 2.25. The minimum Gasteiger partial charge on any atom is -0.381 e. The lowest BCUT2D eigenvalue weighted by atomic mass is 10.0. The summed E-state index contributed by atoms with van der Waals surface area (Å²) in [7, 11) is 0. The lowest BCUT2D eigenvalue weighted by Gasteiger charge is -2.33. The third-order valence-electron chi connectivity index (χ3n) is 3.13. The molecular formula is C14H28N2O2. The first-order valence-corrected chi connectivity index (χ1v) is 7.27. The van der Waals surface area contributed by atoms with Crippen molar-refractivity contribution < 1.29 is 9.53 Å². The summed E-state index contributed by atoms with van der Waals surface area (Å²) < 4.78 is 5.45. The van der Waals surface area contributed by atoms with Crippen molar-refractivity contribution in [2.75, 3.05) is 26.3 Å². The molecule has 0 aromatic carbocycles. The van der Waals surface area contributed by atoms with Crippen molar-refractivity contribution in [3.8, 4) is 0 Å². The van der Waals surface area contributed by atoms with Crippen LogP contribution in [0.2, 0.25) is 0 Å². The number of hydrogen-bond donors (Lipinski definition) is 1. The van der Waals surface area contributed by atoms with E-state index < -0.39 is 0 Å². The van der Waals surface area contributed by atoms with Gasteiger partial charge in [-0.3, -0.25) is 4.79 Å². The normalized spacial score (nSPS) is 20.8. The van der Waals surface area contributed by atoms with Gasteiger partial charge in [-0.2, -0.15) is 0 Å². The van der Waals surface area contributed by atoms with Gasteiger partial charge in [-0.15, -0.1) is 0 Å². The molecule has 0 aliphatic carbocycles. The Kier molecular flexibility index (Phi) is 7.28. The number of amides is 1. The maximum atomic E-state index is 12.2. The van der Waals surface area contributed by atoms with Crippen molar-refractivity contribution in [2.24, 2.45) is 0 Å². The second kappa shape index (κ2) is 8.48. The number of likely N-dealkylation sites (tertiary alicyclic amines) is 1. The highest BCUT2D eigenvalue weighted by Gasteiger charge is 2.28. The van der Waals surface area contributed by atoms with Gasteiger partial charge in [-0.25, -0.2) is 0 Å². The fourth-order valence-electron chi connectivity index (χ4n) is 2.32. The molecule has 1 rings (SSSR count). The zero-order chi connectivity index (χ0) is 13.4. The molecule has 1 fully saturated rings. The molecule has 0 bridgehead atoms. The third-order valence-corrected chi connectivity index (χ3v) is 3.13. The zero-order valence-electron chi connectivity index (χ0n) is 12.1. The first-order valence-electron chi connectivity index (χ1n) is 7.27. The highest BCUT2D eigenvalue weighted by atomic mass is 16.5. The average molecular weight is 256 g/mol. The van der Waals surface area contributed by atoms with E-state index in [9.17, 15) is 4.79 Å². The van der Waals surface area contributed by atoms with Crippen molar-refractivity contribution in [3.63, 3.8) is 0 Å². The zero-order valence-corrected chi connectivity index (χ0v) is 12.1. The molecule has 0 spiro atoms. The summed E-state index contributed by atoms with van der Waals surface area (Å²) in [5.41, 5.74) is 0. The van der Waals surface area contributed by atoms with Crippen molar-refractivity contribution in [1.29, 1.82) is 0 Å². The van der Waals surface area contributed by atoms with Crippen LogP contribution in [-0.2, 0) is 9.53 Å². The minimum absolute atomic E-state index is 0.0234. The average Bonchev–Trinajstić information content (AvgIpc) is 2.33. The number of ether oxygens (including phenoxy) is 1. The van der Waals surface area contributed by atoms with Crippen LogP contribution in [0.1, 0.15) is 46.5 Å². The van der Waals surface area contributed by atoms with Crippen LogP contribution in [0.4, 0.5) is 0 Å². The number of carbonyl (C=O) groups excluding carboxylic acids is 1. The Bertz CT molecular complexity index is 244. The molecule has 1 aliphatic heterocycles. The molecule has 0 saturated carbocycles. The first-order chi connectivity index (χ1) is 8.65. The Labute approximate surface area is 111 Å². The van der Waals surface area contributed by atoms with Gasteiger partial charge < -0.3 is 15.0 Å². The topological polar surface area (TPSA) is 41.6 Å². The van der Waals surface area contributed by atoms with Crippen LogP contribution in [0.25, 0.3) is 0 Å². The Morgan fingerprint density at radius 2 is 2.22 bits per heavy atom. The predicted octanol–water partition coefficient (Wildman–Crippen LogP) is 1.79. The maximum Gasteiger partial charge on any atom is 0.239 e. The molecule has 1 unspecified atom stereocenters. The highest BCUT2D eigenvalue weighted by Crippen LogP contribution is 2.12. The summed E-state index contributed by atoms with van der Waals surface area (Å²) >= 11 is 0. The van der Waals surface area contributed by atoms with E-state index in [1.165, 1.54) is 0 Å². The molecule has 1 atom stereocenters. The van der Waals surface area contributed by atoms with Gasteiger partial charge >= 0.3 is 0 Å². The number of rotatable bonds is 8. The van der Waals surface area contributed by atoms with Gasteiger partial charge in [-0.05, 0) is 25.7 Å². The molecule has 1 saturated heterocycles. The van der Waals surface area contributed by atoms with Crippen molar-refractivity contribution >= 4 is 5.91 Å². The molecule has 0 aromatic heterocycles. The maximum absolute atomic E-state index is 12.2. The summed E-state index contributed by atoms with van der Waals surface area (Å²) in [4.78, 5) is 14.2. The van der Waals surface area contributed by atoms with Crippen LogP contribution >= 0.6 is 0 Å². The van der Waals surface area contributed by atoms with E-state index in [-0.39, 0.29) is 11.9 Å². The fraction of sp³-hybridized carbons (Fsp3) is 0.929. The van der Waals surface area contributed by atoms with Gasteiger partial charge in [0.25, 0.3) is 0 Å². The van der Waals surface area contributed by atoms with Gasteiger partial charge in [0.1, 0.15) is 0 Å². The van der Waals surface area contributed by atoms with Crippen molar-refractivity contribution in [2.45, 2.75) is 58.5 Å². The van der Waals surface area contributed by atoms with Gasteiger partial charge in [-0.1, -0.05) is 20.8 Å². The summed E-state index contributed by atoms with van der Waals surface area (Å²) in [6.45, 7) is 9.61. The van der Waals surface area contributed by atoms with Crippen LogP contribution in [0, 0.1) is 0 Å². The molecular weight excluding hydrogens is 228 g/mol. The van der Waals surface area contributed by atoms with E-state index in [0.717, 1.165) is 52.0 Å². The van der Waals surface area contributed by atoms with E-state index in [0.29, 0.717) is 6.04 Å². The number of carbonyl (C=O) groups is 1. The van der Waals surface area contributed by atoms with Gasteiger partial charge in [0.05, 0.1) is 6.04 Å². The van der Waals surface area contributed by atoms with Gasteiger partial charge in [0, 0.05) is 32.3 Å². The Morgan fingerprint density at radius 1 is 1.44 bits per heavy atom. The van der Waals surface area contributed by atoms with Crippen LogP contribution in [0.3, 0.4) is 0 Å². The molecule has 1 amide bonds. The first kappa shape index (κ1) is 15.4. The fourth-order valence-corrected chi connectivity index (χ4v) is 2.32. The van der Waals surface area contributed by atoms with E-state index in [2.05, 4.69) is 26.1 Å². The van der Waals surface area contributed by atoms with Crippen LogP contribution in [0.5, 0.6) is 0 Å². The standard InChI is InChI=1S/C14H28N2O2/c1-4-10-18-11-6-9-16-8-5-7-13(14(16)17)15-12(2)3/h12-13,15H,4-11H2,1-3H3. The molecule has 1 heterocycles. The molecule has 0 radical (unpaired) electrons. The summed E-state index contributed by atoms with van der Waals surface area (Å²) in [5.74, 6) is 0.269. The summed E-state index contributed by atoms with van der Waals surface area (Å²) in [6, 6.07) is 0.391. The summed E-state index contributed by atoms with van der Waals surface area (Å²) in [5, 5.41) is 3.35. The summed E-state index contributed by atoms with van der Waals surface area (Å²) in [6.07, 6.45) is 4.08. The lowest BCUT2D eigenvalue weighted by molar-refractivity contribution is -0.136. The molecule has 4 nitrogen and oxygen atoms in total. The van der Waals surface area contributed by atoms with Crippen LogP contribution < -0.4 is 5.32 Å². The molecule has 18 heavy (non-hydrogen) atoms. The second-order valence-electron chi connectivity index (χ2n) is 5.31. The Morgan fingerprint density at radius 3 is 2.89 bits per heavy atom. The van der Waals surface area contributed by atoms with Crippen LogP contribution in [-0.4, -0.2) is 49.2 Å². The molecule has 4 heteroatoms. The quantitative estimate of drug-likeness (QED) is 0.673. The number of hydrogen-bond acceptors (Lipinski definition) is 3. The van der Waals surface area contributed by atoms with E-state index in [4.69, 9.17) is 4.74 Å².